The number of benzene rings is 1. The summed E-state index contributed by atoms with van der Waals surface area (Å²) in [5.41, 5.74) is 0.797. The Bertz CT molecular complexity index is 476. The van der Waals surface area contributed by atoms with Crippen LogP contribution in [0.15, 0.2) is 22.7 Å². The van der Waals surface area contributed by atoms with E-state index in [-0.39, 0.29) is 17.9 Å². The van der Waals surface area contributed by atoms with Crippen molar-refractivity contribution in [3.05, 3.63) is 22.7 Å². The number of amides is 1. The summed E-state index contributed by atoms with van der Waals surface area (Å²) < 4.78 is 6.38. The van der Waals surface area contributed by atoms with Gasteiger partial charge in [0.2, 0.25) is 0 Å². The van der Waals surface area contributed by atoms with Crippen LogP contribution in [0.2, 0.25) is 0 Å². The summed E-state index contributed by atoms with van der Waals surface area (Å²) in [6.07, 6.45) is 0. The zero-order valence-electron chi connectivity index (χ0n) is 10.4. The molecule has 1 aliphatic rings. The predicted octanol–water partition coefficient (Wildman–Crippen LogP) is 3.13. The van der Waals surface area contributed by atoms with E-state index in [1.165, 1.54) is 0 Å². The Morgan fingerprint density at radius 2 is 2.22 bits per heavy atom. The van der Waals surface area contributed by atoms with Gasteiger partial charge in [0.05, 0.1) is 5.69 Å². The standard InChI is InChI=1S/C13H16BrNO2S/c1-13(2,8-18)7-15-10-5-9(14)3-4-11(10)17-6-12(15)16/h3-5,18H,6-8H2,1-2H3. The number of fused-ring (bicyclic) bond motifs is 1. The van der Waals surface area contributed by atoms with Crippen LogP contribution in [-0.2, 0) is 4.79 Å². The van der Waals surface area contributed by atoms with Gasteiger partial charge >= 0.3 is 0 Å². The number of carbonyl (C=O) groups is 1. The molecule has 5 heteroatoms. The third-order valence-electron chi connectivity index (χ3n) is 2.88. The van der Waals surface area contributed by atoms with Gasteiger partial charge in [0, 0.05) is 11.0 Å². The highest BCUT2D eigenvalue weighted by Gasteiger charge is 2.30. The second-order valence-corrected chi connectivity index (χ2v) is 6.43. The van der Waals surface area contributed by atoms with Gasteiger partial charge in [-0.25, -0.2) is 0 Å². The molecule has 0 radical (unpaired) electrons. The zero-order valence-corrected chi connectivity index (χ0v) is 12.9. The van der Waals surface area contributed by atoms with E-state index in [1.54, 1.807) is 4.90 Å². The number of thiol groups is 1. The molecule has 0 saturated heterocycles. The molecule has 1 aromatic rings. The average Bonchev–Trinajstić information content (AvgIpc) is 2.33. The van der Waals surface area contributed by atoms with Crippen molar-refractivity contribution in [2.24, 2.45) is 5.41 Å². The Morgan fingerprint density at radius 3 is 2.89 bits per heavy atom. The monoisotopic (exact) mass is 329 g/mol. The maximum Gasteiger partial charge on any atom is 0.265 e. The molecule has 1 amide bonds. The van der Waals surface area contributed by atoms with Crippen molar-refractivity contribution in [1.82, 2.24) is 0 Å². The number of nitrogens with zero attached hydrogens (tertiary/aromatic N) is 1. The lowest BCUT2D eigenvalue weighted by molar-refractivity contribution is -0.121. The van der Waals surface area contributed by atoms with Crippen molar-refractivity contribution in [2.75, 3.05) is 23.8 Å². The fourth-order valence-corrected chi connectivity index (χ4v) is 2.28. The molecule has 98 valence electrons. The van der Waals surface area contributed by atoms with Gasteiger partial charge < -0.3 is 9.64 Å². The van der Waals surface area contributed by atoms with Gasteiger partial charge in [0.15, 0.2) is 6.61 Å². The summed E-state index contributed by atoms with van der Waals surface area (Å²) in [5.74, 6) is 1.48. The van der Waals surface area contributed by atoms with Gasteiger partial charge in [-0.05, 0) is 29.4 Å². The molecule has 0 aromatic heterocycles. The molecular formula is C13H16BrNO2S. The Hall–Kier alpha value is -0.680. The van der Waals surface area contributed by atoms with E-state index in [2.05, 4.69) is 42.4 Å². The Morgan fingerprint density at radius 1 is 1.50 bits per heavy atom. The van der Waals surface area contributed by atoms with Crippen LogP contribution in [0.1, 0.15) is 13.8 Å². The smallest absolute Gasteiger partial charge is 0.265 e. The molecular weight excluding hydrogens is 314 g/mol. The highest BCUT2D eigenvalue weighted by molar-refractivity contribution is 9.10. The number of halogens is 1. The molecule has 0 unspecified atom stereocenters. The van der Waals surface area contributed by atoms with Gasteiger partial charge in [0.1, 0.15) is 5.75 Å². The SMILES string of the molecule is CC(C)(CS)CN1C(=O)COc2ccc(Br)cc21. The molecule has 0 N–H and O–H groups in total. The molecule has 1 aromatic carbocycles. The predicted molar refractivity (Wildman–Crippen MR) is 79.6 cm³/mol. The quantitative estimate of drug-likeness (QED) is 0.863. The fraction of sp³-hybridized carbons (Fsp3) is 0.462. The number of ether oxygens (including phenoxy) is 1. The van der Waals surface area contributed by atoms with E-state index in [0.29, 0.717) is 6.54 Å². The van der Waals surface area contributed by atoms with Crippen LogP contribution < -0.4 is 9.64 Å². The largest absolute Gasteiger partial charge is 0.482 e. The Kier molecular flexibility index (Phi) is 3.92. The van der Waals surface area contributed by atoms with Crippen molar-refractivity contribution >= 4 is 40.2 Å². The molecule has 0 atom stereocenters. The minimum Gasteiger partial charge on any atom is -0.482 e. The number of anilines is 1. The Labute approximate surface area is 121 Å². The molecule has 0 saturated carbocycles. The second kappa shape index (κ2) is 5.13. The van der Waals surface area contributed by atoms with Crippen LogP contribution in [0.5, 0.6) is 5.75 Å². The number of hydrogen-bond donors (Lipinski definition) is 1. The average molecular weight is 330 g/mol. The van der Waals surface area contributed by atoms with Crippen molar-refractivity contribution in [3.8, 4) is 5.75 Å². The Balaban J connectivity index is 2.36. The maximum absolute atomic E-state index is 12.0. The summed E-state index contributed by atoms with van der Waals surface area (Å²) in [6.45, 7) is 4.94. The van der Waals surface area contributed by atoms with Crippen molar-refractivity contribution in [2.45, 2.75) is 13.8 Å². The van der Waals surface area contributed by atoms with Crippen LogP contribution in [0.25, 0.3) is 0 Å². The fourth-order valence-electron chi connectivity index (χ4n) is 1.83. The second-order valence-electron chi connectivity index (χ2n) is 5.20. The molecule has 0 fully saturated rings. The number of carbonyl (C=O) groups excluding carboxylic acids is 1. The molecule has 0 spiro atoms. The highest BCUT2D eigenvalue weighted by Crippen LogP contribution is 2.36. The van der Waals surface area contributed by atoms with E-state index in [1.807, 2.05) is 18.2 Å². The van der Waals surface area contributed by atoms with Crippen LogP contribution in [0, 0.1) is 5.41 Å². The lowest BCUT2D eigenvalue weighted by atomic mass is 9.95. The summed E-state index contributed by atoms with van der Waals surface area (Å²) >= 11 is 7.77. The van der Waals surface area contributed by atoms with Gasteiger partial charge in [0.25, 0.3) is 5.91 Å². The minimum atomic E-state index is -0.0320. The van der Waals surface area contributed by atoms with E-state index in [9.17, 15) is 4.79 Å². The molecule has 1 heterocycles. The van der Waals surface area contributed by atoms with Gasteiger partial charge in [-0.2, -0.15) is 12.6 Å². The van der Waals surface area contributed by atoms with Crippen LogP contribution in [-0.4, -0.2) is 24.8 Å². The third-order valence-corrected chi connectivity index (χ3v) is 4.23. The van der Waals surface area contributed by atoms with Crippen molar-refractivity contribution in [3.63, 3.8) is 0 Å². The first kappa shape index (κ1) is 13.7. The van der Waals surface area contributed by atoms with Gasteiger partial charge in [-0.3, -0.25) is 4.79 Å². The van der Waals surface area contributed by atoms with Crippen LogP contribution >= 0.6 is 28.6 Å². The van der Waals surface area contributed by atoms with E-state index in [0.717, 1.165) is 21.7 Å². The molecule has 1 aliphatic heterocycles. The maximum atomic E-state index is 12.0. The van der Waals surface area contributed by atoms with E-state index >= 15 is 0 Å². The third kappa shape index (κ3) is 2.83. The summed E-state index contributed by atoms with van der Waals surface area (Å²) in [6, 6.07) is 5.71. The van der Waals surface area contributed by atoms with Crippen molar-refractivity contribution in [1.29, 1.82) is 0 Å². The number of hydrogen-bond acceptors (Lipinski definition) is 3. The first-order valence-electron chi connectivity index (χ1n) is 5.76. The summed E-state index contributed by atoms with van der Waals surface area (Å²) in [7, 11) is 0. The van der Waals surface area contributed by atoms with E-state index in [4.69, 9.17) is 4.74 Å². The lowest BCUT2D eigenvalue weighted by Gasteiger charge is -2.35. The van der Waals surface area contributed by atoms with Gasteiger partial charge in [-0.15, -0.1) is 0 Å². The number of rotatable bonds is 3. The topological polar surface area (TPSA) is 29.5 Å². The molecule has 0 aliphatic carbocycles. The minimum absolute atomic E-state index is 0.00421. The van der Waals surface area contributed by atoms with Crippen LogP contribution in [0.3, 0.4) is 0 Å². The molecule has 2 rings (SSSR count). The zero-order chi connectivity index (χ0) is 13.3. The summed E-state index contributed by atoms with van der Waals surface area (Å²) in [5, 5.41) is 0. The van der Waals surface area contributed by atoms with Crippen molar-refractivity contribution < 1.29 is 9.53 Å². The van der Waals surface area contributed by atoms with E-state index < -0.39 is 0 Å². The lowest BCUT2D eigenvalue weighted by Crippen LogP contribution is -2.44. The molecule has 18 heavy (non-hydrogen) atoms. The summed E-state index contributed by atoms with van der Waals surface area (Å²) in [4.78, 5) is 13.8. The molecule has 0 bridgehead atoms. The first-order chi connectivity index (χ1) is 8.43. The highest BCUT2D eigenvalue weighted by atomic mass is 79.9. The van der Waals surface area contributed by atoms with Crippen LogP contribution in [0.4, 0.5) is 5.69 Å². The first-order valence-corrected chi connectivity index (χ1v) is 7.19. The van der Waals surface area contributed by atoms with Gasteiger partial charge in [-0.1, -0.05) is 29.8 Å². The molecule has 3 nitrogen and oxygen atoms in total. The normalized spacial score (nSPS) is 15.3.